The van der Waals surface area contributed by atoms with E-state index in [1.807, 2.05) is 13.8 Å². The summed E-state index contributed by atoms with van der Waals surface area (Å²) in [5.74, 6) is -0.602. The summed E-state index contributed by atoms with van der Waals surface area (Å²) in [5.41, 5.74) is 1.21. The molecule has 1 aliphatic heterocycles. The zero-order valence-corrected chi connectivity index (χ0v) is 19.9. The van der Waals surface area contributed by atoms with Crippen LogP contribution in [0.5, 0.6) is 5.75 Å². The Kier molecular flexibility index (Phi) is 5.56. The lowest BCUT2D eigenvalue weighted by Gasteiger charge is -2.23. The molecule has 9 heteroatoms. The molecule has 3 aromatic carbocycles. The summed E-state index contributed by atoms with van der Waals surface area (Å²) in [6, 6.07) is 17.2. The first-order chi connectivity index (χ1) is 16.9. The van der Waals surface area contributed by atoms with Crippen LogP contribution in [0.15, 0.2) is 82.3 Å². The van der Waals surface area contributed by atoms with Gasteiger partial charge < -0.3 is 14.1 Å². The van der Waals surface area contributed by atoms with Crippen molar-refractivity contribution in [2.45, 2.75) is 18.7 Å². The maximum atomic E-state index is 14.1. The van der Waals surface area contributed by atoms with Gasteiger partial charge in [0, 0.05) is 22.9 Å². The van der Waals surface area contributed by atoms with Gasteiger partial charge in [-0.1, -0.05) is 12.1 Å². The second-order valence-corrected chi connectivity index (χ2v) is 9.59. The highest BCUT2D eigenvalue weighted by Crippen LogP contribution is 2.41. The number of carbonyl (C=O) groups is 2. The van der Waals surface area contributed by atoms with Crippen LogP contribution in [-0.2, 0) is 10.0 Å². The molecule has 0 N–H and O–H groups in total. The molecule has 0 radical (unpaired) electrons. The average Bonchev–Trinajstić information content (AvgIpc) is 3.49. The lowest BCUT2D eigenvalue weighted by atomic mass is 10.1. The number of nitrogens with zero attached hydrogens (tertiary/aromatic N) is 2. The summed E-state index contributed by atoms with van der Waals surface area (Å²) in [5, 5.41) is 0.921. The smallest absolute Gasteiger partial charge is 0.307 e. The number of sulfonamides is 1. The van der Waals surface area contributed by atoms with Gasteiger partial charge in [-0.15, -0.1) is 0 Å². The number of ether oxygens (including phenoxy) is 1. The lowest BCUT2D eigenvalue weighted by Crippen LogP contribution is -2.37. The van der Waals surface area contributed by atoms with Crippen LogP contribution >= 0.6 is 0 Å². The van der Waals surface area contributed by atoms with Crippen LogP contribution < -0.4 is 13.9 Å². The average molecular weight is 491 g/mol. The molecule has 0 bridgehead atoms. The summed E-state index contributed by atoms with van der Waals surface area (Å²) >= 11 is 0. The predicted molar refractivity (Wildman–Crippen MR) is 132 cm³/mol. The van der Waals surface area contributed by atoms with Crippen molar-refractivity contribution in [2.75, 3.05) is 22.4 Å². The molecule has 35 heavy (non-hydrogen) atoms. The molecule has 0 saturated carbocycles. The van der Waals surface area contributed by atoms with Crippen LogP contribution in [0.3, 0.4) is 0 Å². The number of hydrogen-bond acceptors (Lipinski definition) is 6. The van der Waals surface area contributed by atoms with Crippen LogP contribution in [-0.4, -0.2) is 33.4 Å². The summed E-state index contributed by atoms with van der Waals surface area (Å²) in [6.07, 6.45) is 1.31. The van der Waals surface area contributed by atoms with E-state index < -0.39 is 15.9 Å². The molecule has 0 fully saturated rings. The molecule has 1 aromatic heterocycles. The Labute approximate surface area is 202 Å². The van der Waals surface area contributed by atoms with Gasteiger partial charge in [-0.2, -0.15) is 4.31 Å². The molecule has 8 nitrogen and oxygen atoms in total. The third kappa shape index (κ3) is 3.55. The molecule has 0 saturated heterocycles. The summed E-state index contributed by atoms with van der Waals surface area (Å²) in [6.45, 7) is 4.59. The van der Waals surface area contributed by atoms with Gasteiger partial charge in [-0.25, -0.2) is 8.42 Å². The van der Waals surface area contributed by atoms with E-state index in [4.69, 9.17) is 9.15 Å². The van der Waals surface area contributed by atoms with Gasteiger partial charge in [-0.05, 0) is 68.4 Å². The van der Waals surface area contributed by atoms with Gasteiger partial charge in [0.15, 0.2) is 5.76 Å². The van der Waals surface area contributed by atoms with E-state index in [2.05, 4.69) is 0 Å². The van der Waals surface area contributed by atoms with E-state index in [9.17, 15) is 18.0 Å². The lowest BCUT2D eigenvalue weighted by molar-refractivity contribution is 0.0976. The SMILES string of the molecule is CCOc1ccc(N(C(=O)c2ccco2)S(=O)(=O)c2ccc3c4c(cccc24)C(=O)N3CC)cc1. The number of anilines is 2. The first-order valence-electron chi connectivity index (χ1n) is 11.1. The van der Waals surface area contributed by atoms with Gasteiger partial charge in [0.1, 0.15) is 5.75 Å². The van der Waals surface area contributed by atoms with E-state index in [0.29, 0.717) is 40.9 Å². The van der Waals surface area contributed by atoms with Gasteiger partial charge >= 0.3 is 5.91 Å². The number of carbonyl (C=O) groups excluding carboxylic acids is 2. The molecule has 178 valence electrons. The topological polar surface area (TPSA) is 97.1 Å². The number of hydrogen-bond donors (Lipinski definition) is 0. The van der Waals surface area contributed by atoms with E-state index in [-0.39, 0.29) is 22.3 Å². The molecule has 0 aliphatic carbocycles. The first-order valence-corrected chi connectivity index (χ1v) is 12.6. The van der Waals surface area contributed by atoms with Gasteiger partial charge in [-0.3, -0.25) is 9.59 Å². The Hall–Kier alpha value is -4.11. The maximum Gasteiger partial charge on any atom is 0.307 e. The van der Waals surface area contributed by atoms with Crippen molar-refractivity contribution >= 4 is 44.0 Å². The molecule has 0 spiro atoms. The minimum Gasteiger partial charge on any atom is -0.494 e. The molecular weight excluding hydrogens is 468 g/mol. The zero-order valence-electron chi connectivity index (χ0n) is 19.1. The monoisotopic (exact) mass is 490 g/mol. The quantitative estimate of drug-likeness (QED) is 0.368. The van der Waals surface area contributed by atoms with Crippen molar-refractivity contribution in [3.05, 3.63) is 84.3 Å². The Balaban J connectivity index is 1.71. The Bertz CT molecular complexity index is 1540. The summed E-state index contributed by atoms with van der Waals surface area (Å²) < 4.78 is 39.6. The second kappa shape index (κ2) is 8.59. The third-order valence-corrected chi connectivity index (χ3v) is 7.65. The van der Waals surface area contributed by atoms with Crippen molar-refractivity contribution in [1.29, 1.82) is 0 Å². The Morgan fingerprint density at radius 3 is 2.43 bits per heavy atom. The minimum absolute atomic E-state index is 0.0855. The van der Waals surface area contributed by atoms with Gasteiger partial charge in [0.05, 0.1) is 29.1 Å². The fourth-order valence-corrected chi connectivity index (χ4v) is 5.96. The number of benzene rings is 3. The van der Waals surface area contributed by atoms with Crippen LogP contribution in [0.25, 0.3) is 10.8 Å². The van der Waals surface area contributed by atoms with E-state index in [1.54, 1.807) is 41.3 Å². The Morgan fingerprint density at radius 1 is 1.00 bits per heavy atom. The standard InChI is InChI=1S/C26H22N2O6S/c1-3-27-21-14-15-23(19-7-5-8-20(24(19)21)25(27)29)35(31,32)28(26(30)22-9-6-16-34-22)17-10-12-18(13-11-17)33-4-2/h5-16H,3-4H2,1-2H3. The second-order valence-electron chi connectivity index (χ2n) is 7.84. The highest BCUT2D eigenvalue weighted by atomic mass is 32.2. The molecule has 5 rings (SSSR count). The number of rotatable bonds is 7. The van der Waals surface area contributed by atoms with Crippen LogP contribution in [0, 0.1) is 0 Å². The third-order valence-electron chi connectivity index (χ3n) is 5.88. The molecule has 2 heterocycles. The van der Waals surface area contributed by atoms with Crippen LogP contribution in [0.4, 0.5) is 11.4 Å². The maximum absolute atomic E-state index is 14.1. The Morgan fingerprint density at radius 2 is 1.77 bits per heavy atom. The van der Waals surface area contributed by atoms with Crippen molar-refractivity contribution in [2.24, 2.45) is 0 Å². The van der Waals surface area contributed by atoms with Crippen molar-refractivity contribution in [1.82, 2.24) is 0 Å². The number of amides is 2. The normalized spacial score (nSPS) is 12.9. The molecule has 2 amide bonds. The highest BCUT2D eigenvalue weighted by Gasteiger charge is 2.37. The molecule has 1 aliphatic rings. The van der Waals surface area contributed by atoms with Crippen LogP contribution in [0.2, 0.25) is 0 Å². The summed E-state index contributed by atoms with van der Waals surface area (Å²) in [4.78, 5) is 27.8. The van der Waals surface area contributed by atoms with Gasteiger partial charge in [0.2, 0.25) is 0 Å². The summed E-state index contributed by atoms with van der Waals surface area (Å²) in [7, 11) is -4.43. The molecule has 4 aromatic rings. The fourth-order valence-electron chi connectivity index (χ4n) is 4.37. The van der Waals surface area contributed by atoms with Crippen molar-refractivity contribution in [3.8, 4) is 5.75 Å². The first kappa shape index (κ1) is 22.7. The largest absolute Gasteiger partial charge is 0.494 e. The van der Waals surface area contributed by atoms with Crippen LogP contribution in [0.1, 0.15) is 34.8 Å². The van der Waals surface area contributed by atoms with E-state index in [0.717, 1.165) is 4.31 Å². The highest BCUT2D eigenvalue weighted by molar-refractivity contribution is 7.93. The van der Waals surface area contributed by atoms with Crippen molar-refractivity contribution < 1.29 is 27.2 Å². The minimum atomic E-state index is -4.43. The van der Waals surface area contributed by atoms with Gasteiger partial charge in [0.25, 0.3) is 15.9 Å². The predicted octanol–water partition coefficient (Wildman–Crippen LogP) is 4.85. The zero-order chi connectivity index (χ0) is 24.7. The van der Waals surface area contributed by atoms with E-state index in [1.165, 1.54) is 36.6 Å². The number of furan rings is 1. The van der Waals surface area contributed by atoms with Crippen molar-refractivity contribution in [3.63, 3.8) is 0 Å². The van der Waals surface area contributed by atoms with E-state index >= 15 is 0 Å². The molecular formula is C26H22N2O6S. The molecule has 0 unspecified atom stereocenters. The fraction of sp³-hybridized carbons (Fsp3) is 0.154. The molecule has 0 atom stereocenters.